The minimum atomic E-state index is -3.41. The van der Waals surface area contributed by atoms with Crippen molar-refractivity contribution < 1.29 is 14.0 Å². The fourth-order valence-corrected chi connectivity index (χ4v) is 9.93. The zero-order chi connectivity index (χ0) is 32.4. The van der Waals surface area contributed by atoms with Gasteiger partial charge in [0.2, 0.25) is 0 Å². The van der Waals surface area contributed by atoms with Gasteiger partial charge in [-0.15, -0.1) is 0 Å². The van der Waals surface area contributed by atoms with Crippen LogP contribution in [0.3, 0.4) is 0 Å². The molecule has 2 aliphatic heterocycles. The molecule has 0 spiro atoms. The highest BCUT2D eigenvalue weighted by Crippen LogP contribution is 2.60. The maximum Gasteiger partial charge on any atom is 0.185 e. The van der Waals surface area contributed by atoms with Crippen molar-refractivity contribution >= 4 is 23.1 Å². The maximum absolute atomic E-state index is 15.9. The highest BCUT2D eigenvalue weighted by Gasteiger charge is 2.47. The Morgan fingerprint density at radius 1 is 0.458 bits per heavy atom. The second-order valence-electron chi connectivity index (χ2n) is 12.2. The van der Waals surface area contributed by atoms with E-state index in [0.29, 0.717) is 38.9 Å². The lowest BCUT2D eigenvalue weighted by Crippen LogP contribution is -2.35. The Labute approximate surface area is 278 Å². The van der Waals surface area contributed by atoms with E-state index in [9.17, 15) is 0 Å². The molecule has 230 valence electrons. The van der Waals surface area contributed by atoms with Gasteiger partial charge in [0.15, 0.2) is 7.14 Å². The molecule has 0 N–H and O–H groups in total. The first kappa shape index (κ1) is 28.5. The summed E-state index contributed by atoms with van der Waals surface area (Å²) >= 11 is 0. The molecule has 6 heteroatoms. The largest absolute Gasteiger partial charge is 0.455 e. The number of aromatic nitrogens is 2. The zero-order valence-corrected chi connectivity index (χ0v) is 27.2. The Kier molecular flexibility index (Phi) is 6.46. The first-order valence-electron chi connectivity index (χ1n) is 15.9. The Hall–Kier alpha value is -5.77. The molecule has 0 atom stereocenters. The van der Waals surface area contributed by atoms with E-state index in [1.54, 1.807) is 0 Å². The van der Waals surface area contributed by atoms with Crippen LogP contribution in [0.2, 0.25) is 0 Å². The molecule has 4 heterocycles. The smallest absolute Gasteiger partial charge is 0.185 e. The van der Waals surface area contributed by atoms with E-state index in [2.05, 4.69) is 58.5 Å². The van der Waals surface area contributed by atoms with Crippen molar-refractivity contribution in [3.8, 4) is 67.8 Å². The third-order valence-corrected chi connectivity index (χ3v) is 12.3. The van der Waals surface area contributed by atoms with Gasteiger partial charge in [-0.3, -0.25) is 9.97 Å². The van der Waals surface area contributed by atoms with E-state index >= 15 is 4.57 Å². The van der Waals surface area contributed by atoms with Gasteiger partial charge in [-0.2, -0.15) is 0 Å². The fourth-order valence-electron chi connectivity index (χ4n) is 6.83. The summed E-state index contributed by atoms with van der Waals surface area (Å²) in [5.74, 6) is 2.34. The molecule has 0 amide bonds. The Morgan fingerprint density at radius 2 is 0.854 bits per heavy atom. The lowest BCUT2D eigenvalue weighted by Gasteiger charge is -2.35. The molecule has 5 aromatic carbocycles. The Balaban J connectivity index is 1.17. The molecule has 0 bridgehead atoms. The number of rotatable bonds is 4. The monoisotopic (exact) mass is 640 g/mol. The maximum atomic E-state index is 15.9. The molecular weight excluding hydrogens is 611 g/mol. The number of ether oxygens (including phenoxy) is 2. The fraction of sp³-hybridized carbons (Fsp3) is 0.0476. The molecule has 2 aromatic heterocycles. The van der Waals surface area contributed by atoms with Gasteiger partial charge in [0.1, 0.15) is 28.3 Å². The van der Waals surface area contributed by atoms with E-state index in [0.717, 1.165) is 56.2 Å². The molecule has 0 saturated heterocycles. The summed E-state index contributed by atoms with van der Waals surface area (Å²) in [6.07, 6.45) is 0. The molecule has 0 fully saturated rings. The number of hydrogen-bond donors (Lipinski definition) is 0. The number of benzene rings is 5. The van der Waals surface area contributed by atoms with E-state index in [1.165, 1.54) is 0 Å². The van der Waals surface area contributed by atoms with Gasteiger partial charge >= 0.3 is 0 Å². The molecule has 7 aromatic rings. The first-order valence-corrected chi connectivity index (χ1v) is 17.6. The van der Waals surface area contributed by atoms with Crippen molar-refractivity contribution in [1.82, 2.24) is 9.97 Å². The van der Waals surface area contributed by atoms with Gasteiger partial charge in [0, 0.05) is 33.6 Å². The third-order valence-electron chi connectivity index (χ3n) is 9.13. The van der Waals surface area contributed by atoms with Crippen molar-refractivity contribution in [3.05, 3.63) is 151 Å². The number of hydrogen-bond acceptors (Lipinski definition) is 5. The van der Waals surface area contributed by atoms with Crippen LogP contribution in [0.25, 0.3) is 44.8 Å². The highest BCUT2D eigenvalue weighted by atomic mass is 31.2. The predicted octanol–water partition coefficient (Wildman–Crippen LogP) is 9.61. The van der Waals surface area contributed by atoms with Gasteiger partial charge in [-0.05, 0) is 73.5 Å². The summed E-state index contributed by atoms with van der Waals surface area (Å²) < 4.78 is 29.1. The molecule has 0 radical (unpaired) electrons. The highest BCUT2D eigenvalue weighted by molar-refractivity contribution is 7.86. The molecule has 2 aliphatic rings. The van der Waals surface area contributed by atoms with E-state index in [1.807, 2.05) is 105 Å². The lowest BCUT2D eigenvalue weighted by atomic mass is 10.0. The minimum Gasteiger partial charge on any atom is -0.455 e. The summed E-state index contributed by atoms with van der Waals surface area (Å²) in [7, 11) is -3.41. The number of fused-ring (bicyclic) bond motifs is 4. The average molecular weight is 641 g/mol. The van der Waals surface area contributed by atoms with Crippen LogP contribution in [0.5, 0.6) is 23.0 Å². The van der Waals surface area contributed by atoms with Gasteiger partial charge in [0.05, 0.1) is 22.0 Å². The van der Waals surface area contributed by atoms with Crippen LogP contribution in [-0.2, 0) is 4.57 Å². The summed E-state index contributed by atoms with van der Waals surface area (Å²) in [6, 6.07) is 46.2. The average Bonchev–Trinajstić information content (AvgIpc) is 3.12. The van der Waals surface area contributed by atoms with E-state index in [-0.39, 0.29) is 0 Å². The predicted molar refractivity (Wildman–Crippen MR) is 193 cm³/mol. The first-order chi connectivity index (χ1) is 23.5. The molecule has 9 rings (SSSR count). The number of nitrogens with zero attached hydrogens (tertiary/aromatic N) is 2. The molecule has 48 heavy (non-hydrogen) atoms. The molecule has 5 nitrogen and oxygen atoms in total. The third kappa shape index (κ3) is 4.43. The summed E-state index contributed by atoms with van der Waals surface area (Å²) in [5.41, 5.74) is 9.57. The van der Waals surface area contributed by atoms with Crippen molar-refractivity contribution in [2.45, 2.75) is 13.8 Å². The quantitative estimate of drug-likeness (QED) is 0.179. The zero-order valence-electron chi connectivity index (χ0n) is 26.3. The Bertz CT molecular complexity index is 2290. The summed E-state index contributed by atoms with van der Waals surface area (Å²) in [5, 5.41) is 1.96. The lowest BCUT2D eigenvalue weighted by molar-refractivity contribution is 0.463. The summed E-state index contributed by atoms with van der Waals surface area (Å²) in [6.45, 7) is 3.99. The van der Waals surface area contributed by atoms with Crippen molar-refractivity contribution in [2.24, 2.45) is 0 Å². The van der Waals surface area contributed by atoms with Gasteiger partial charge in [-0.1, -0.05) is 91.0 Å². The normalized spacial score (nSPS) is 13.4. The molecule has 0 saturated carbocycles. The van der Waals surface area contributed by atoms with Crippen LogP contribution in [0, 0.1) is 13.8 Å². The molecular formula is C42H29N2O3P. The standard InChI is InChI=1S/C42H29N2O3P/c1-26-8-3-12-34(43-26)30-22-18-28(19-23-30)32-10-5-16-38-40(32)46-36-14-7-15-37-42(36)48(38,45)39-17-6-11-33(41(39)47-37)29-20-24-31(25-21-29)35-13-4-9-27(2)44-35/h3-25H,1-2H3. The topological polar surface area (TPSA) is 61.3 Å². The van der Waals surface area contributed by atoms with Crippen molar-refractivity contribution in [3.63, 3.8) is 0 Å². The Morgan fingerprint density at radius 3 is 1.29 bits per heavy atom. The number of para-hydroxylation sites is 2. The minimum absolute atomic E-state index is 0.558. The van der Waals surface area contributed by atoms with Gasteiger partial charge < -0.3 is 14.0 Å². The SMILES string of the molecule is Cc1cccc(-c2ccc(-c3cccc4c3Oc3cccc5c3P4(=O)c3cccc(-c4ccc(-c6cccc(C)n6)cc4)c3O5)cc2)n1. The van der Waals surface area contributed by atoms with E-state index in [4.69, 9.17) is 9.47 Å². The summed E-state index contributed by atoms with van der Waals surface area (Å²) in [4.78, 5) is 9.36. The van der Waals surface area contributed by atoms with Gasteiger partial charge in [-0.25, -0.2) is 0 Å². The van der Waals surface area contributed by atoms with E-state index < -0.39 is 7.14 Å². The second-order valence-corrected chi connectivity index (χ2v) is 14.8. The van der Waals surface area contributed by atoms with Crippen LogP contribution in [0.15, 0.2) is 140 Å². The van der Waals surface area contributed by atoms with Crippen LogP contribution >= 0.6 is 7.14 Å². The second kappa shape index (κ2) is 10.9. The van der Waals surface area contributed by atoms with Crippen LogP contribution in [-0.4, -0.2) is 9.97 Å². The van der Waals surface area contributed by atoms with Crippen LogP contribution < -0.4 is 25.4 Å². The van der Waals surface area contributed by atoms with Crippen molar-refractivity contribution in [1.29, 1.82) is 0 Å². The molecule has 0 unspecified atom stereocenters. The van der Waals surface area contributed by atoms with Gasteiger partial charge in [0.25, 0.3) is 0 Å². The van der Waals surface area contributed by atoms with Crippen LogP contribution in [0.1, 0.15) is 11.4 Å². The van der Waals surface area contributed by atoms with Crippen molar-refractivity contribution in [2.75, 3.05) is 0 Å². The number of aryl methyl sites for hydroxylation is 2. The van der Waals surface area contributed by atoms with Crippen LogP contribution in [0.4, 0.5) is 0 Å². The molecule has 0 aliphatic carbocycles. The number of pyridine rings is 2.